The first-order chi connectivity index (χ1) is 40.0. The molecule has 1 unspecified atom stereocenters. The second-order valence-electron chi connectivity index (χ2n) is 23.1. The van der Waals surface area contributed by atoms with Crippen molar-refractivity contribution in [1.82, 2.24) is 0 Å². The Morgan fingerprint density at radius 2 is 0.494 bits per heavy atom. The number of unbranched alkanes of at least 4 members (excludes halogenated alkanes) is 36. The van der Waals surface area contributed by atoms with Crippen LogP contribution in [0.5, 0.6) is 0 Å². The summed E-state index contributed by atoms with van der Waals surface area (Å²) >= 11 is 0. The lowest BCUT2D eigenvalue weighted by atomic mass is 10.0. The summed E-state index contributed by atoms with van der Waals surface area (Å²) in [5.74, 6) is -0.887. The maximum atomic E-state index is 12.9. The minimum absolute atomic E-state index is 0.0827. The zero-order valence-electron chi connectivity index (χ0n) is 53.5. The molecule has 0 spiro atoms. The van der Waals surface area contributed by atoms with E-state index in [0.717, 1.165) is 109 Å². The van der Waals surface area contributed by atoms with Gasteiger partial charge in [0.2, 0.25) is 0 Å². The summed E-state index contributed by atoms with van der Waals surface area (Å²) in [6.07, 6.45) is 92.9. The molecule has 0 aliphatic carbocycles. The number of allylic oxidation sites excluding steroid dienone is 16. The lowest BCUT2D eigenvalue weighted by Crippen LogP contribution is -2.30. The van der Waals surface area contributed by atoms with Gasteiger partial charge < -0.3 is 14.2 Å². The maximum Gasteiger partial charge on any atom is 0.306 e. The van der Waals surface area contributed by atoms with Crippen molar-refractivity contribution < 1.29 is 28.6 Å². The van der Waals surface area contributed by atoms with E-state index in [2.05, 4.69) is 118 Å². The highest BCUT2D eigenvalue weighted by Gasteiger charge is 2.19. The number of carbonyl (C=O) groups excluding carboxylic acids is 3. The molecule has 0 saturated heterocycles. The average molecular weight is 1130 g/mol. The fraction of sp³-hybridized carbons (Fsp3) is 0.747. The number of esters is 3. The Kier molecular flexibility index (Phi) is 65.7. The summed E-state index contributed by atoms with van der Waals surface area (Å²) in [5, 5.41) is 0. The highest BCUT2D eigenvalue weighted by atomic mass is 16.6. The largest absolute Gasteiger partial charge is 0.462 e. The van der Waals surface area contributed by atoms with E-state index in [-0.39, 0.29) is 31.1 Å². The van der Waals surface area contributed by atoms with Crippen LogP contribution in [0.3, 0.4) is 0 Å². The van der Waals surface area contributed by atoms with E-state index >= 15 is 0 Å². The van der Waals surface area contributed by atoms with Crippen molar-refractivity contribution >= 4 is 17.9 Å². The van der Waals surface area contributed by atoms with E-state index in [1.54, 1.807) is 0 Å². The van der Waals surface area contributed by atoms with Crippen LogP contribution in [-0.4, -0.2) is 37.2 Å². The van der Waals surface area contributed by atoms with Gasteiger partial charge in [0.15, 0.2) is 6.10 Å². The van der Waals surface area contributed by atoms with Gasteiger partial charge in [-0.2, -0.15) is 0 Å². The monoisotopic (exact) mass is 1130 g/mol. The first kappa shape index (κ1) is 77.3. The van der Waals surface area contributed by atoms with Crippen molar-refractivity contribution in [2.75, 3.05) is 13.2 Å². The molecule has 0 aliphatic heterocycles. The van der Waals surface area contributed by atoms with Gasteiger partial charge in [-0.15, -0.1) is 0 Å². The molecule has 0 aromatic rings. The summed E-state index contributed by atoms with van der Waals surface area (Å²) in [6, 6.07) is 0. The Bertz CT molecular complexity index is 1580. The van der Waals surface area contributed by atoms with Gasteiger partial charge in [-0.1, -0.05) is 304 Å². The van der Waals surface area contributed by atoms with E-state index in [1.165, 1.54) is 193 Å². The third-order valence-electron chi connectivity index (χ3n) is 15.0. The third kappa shape index (κ3) is 67.0. The van der Waals surface area contributed by atoms with Crippen LogP contribution in [0.4, 0.5) is 0 Å². The van der Waals surface area contributed by atoms with Crippen molar-refractivity contribution in [3.05, 3.63) is 97.2 Å². The van der Waals surface area contributed by atoms with Crippen LogP contribution in [0.15, 0.2) is 97.2 Å². The molecule has 0 bridgehead atoms. The number of carbonyl (C=O) groups is 3. The van der Waals surface area contributed by atoms with Crippen molar-refractivity contribution in [3.8, 4) is 0 Å². The van der Waals surface area contributed by atoms with E-state index in [4.69, 9.17) is 14.2 Å². The fourth-order valence-electron chi connectivity index (χ4n) is 9.84. The predicted molar refractivity (Wildman–Crippen MR) is 353 cm³/mol. The van der Waals surface area contributed by atoms with E-state index in [0.29, 0.717) is 19.3 Å². The van der Waals surface area contributed by atoms with Gasteiger partial charge in [0.1, 0.15) is 13.2 Å². The molecule has 0 radical (unpaired) electrons. The van der Waals surface area contributed by atoms with Crippen molar-refractivity contribution in [2.45, 2.75) is 348 Å². The zero-order chi connectivity index (χ0) is 58.5. The van der Waals surface area contributed by atoms with Gasteiger partial charge in [-0.25, -0.2) is 0 Å². The van der Waals surface area contributed by atoms with Crippen LogP contribution in [0.2, 0.25) is 0 Å². The molecule has 81 heavy (non-hydrogen) atoms. The molecule has 466 valence electrons. The summed E-state index contributed by atoms with van der Waals surface area (Å²) in [7, 11) is 0. The van der Waals surface area contributed by atoms with Gasteiger partial charge >= 0.3 is 17.9 Å². The van der Waals surface area contributed by atoms with Crippen LogP contribution in [0.1, 0.15) is 342 Å². The quantitative estimate of drug-likeness (QED) is 0.0261. The van der Waals surface area contributed by atoms with Crippen molar-refractivity contribution in [3.63, 3.8) is 0 Å². The summed E-state index contributed by atoms with van der Waals surface area (Å²) < 4.78 is 16.9. The number of ether oxygens (including phenoxy) is 3. The molecule has 0 amide bonds. The number of hydrogen-bond acceptors (Lipinski definition) is 6. The minimum Gasteiger partial charge on any atom is -0.462 e. The van der Waals surface area contributed by atoms with E-state index in [9.17, 15) is 14.4 Å². The summed E-state index contributed by atoms with van der Waals surface area (Å²) in [5.41, 5.74) is 0. The van der Waals surface area contributed by atoms with Crippen molar-refractivity contribution in [2.24, 2.45) is 0 Å². The topological polar surface area (TPSA) is 78.9 Å². The first-order valence-electron chi connectivity index (χ1n) is 34.7. The molecule has 0 aliphatic rings. The second-order valence-corrected chi connectivity index (χ2v) is 23.1. The molecule has 0 heterocycles. The van der Waals surface area contributed by atoms with E-state index < -0.39 is 6.10 Å². The highest BCUT2D eigenvalue weighted by molar-refractivity contribution is 5.71. The molecule has 6 heteroatoms. The average Bonchev–Trinajstić information content (AvgIpc) is 3.47. The van der Waals surface area contributed by atoms with Gasteiger partial charge in [0.25, 0.3) is 0 Å². The summed E-state index contributed by atoms with van der Waals surface area (Å²) in [6.45, 7) is 6.51. The molecule has 6 nitrogen and oxygen atoms in total. The SMILES string of the molecule is CC/C=C\C/C=C\C/C=C\C/C=C\C/C=C\C/C=C\CCCCCCCCCCC(=O)OCC(COC(=O)CCCCCCC/C=C\CCCC)OC(=O)CCCCCCCCCCCCCCC/C=C\CCCCCCCCCC. The highest BCUT2D eigenvalue weighted by Crippen LogP contribution is 2.17. The third-order valence-corrected chi connectivity index (χ3v) is 15.0. The van der Waals surface area contributed by atoms with Gasteiger partial charge in [0.05, 0.1) is 0 Å². The minimum atomic E-state index is -0.786. The van der Waals surface area contributed by atoms with Gasteiger partial charge in [0, 0.05) is 19.3 Å². The Labute approximate surface area is 502 Å². The Morgan fingerprint density at radius 3 is 0.802 bits per heavy atom. The van der Waals surface area contributed by atoms with Crippen LogP contribution < -0.4 is 0 Å². The van der Waals surface area contributed by atoms with Crippen LogP contribution in [0.25, 0.3) is 0 Å². The standard InChI is InChI=1S/C75H130O6/c1-4-7-10-13-16-19-22-24-26-28-30-32-34-36-37-39-40-42-44-46-48-50-53-56-59-62-65-68-74(77)80-71-72(70-79-73(76)67-64-61-58-55-52-21-18-15-12-9-6-3)81-75(78)69-66-63-60-57-54-51-49-47-45-43-41-38-35-33-31-29-27-25-23-20-17-14-11-8-5-2/h7,10,15-16,18-19,24,26,29-32,36-37,40,42,72H,4-6,8-9,11-14,17,20-23,25,27-28,33-35,38-39,41,43-71H2,1-3H3/b10-7-,18-15-,19-16-,26-24-,31-29-,32-30-,37-36-,42-40-. The Balaban J connectivity index is 4.26. The predicted octanol–water partition coefficient (Wildman–Crippen LogP) is 24.0. The molecular formula is C75H130O6. The molecule has 1 atom stereocenters. The van der Waals surface area contributed by atoms with Gasteiger partial charge in [-0.05, 0) is 116 Å². The zero-order valence-corrected chi connectivity index (χ0v) is 53.5. The normalized spacial score (nSPS) is 12.7. The fourth-order valence-corrected chi connectivity index (χ4v) is 9.84. The maximum absolute atomic E-state index is 12.9. The molecule has 0 aromatic carbocycles. The Hall–Kier alpha value is -3.67. The number of hydrogen-bond donors (Lipinski definition) is 0. The molecule has 0 saturated carbocycles. The van der Waals surface area contributed by atoms with Crippen LogP contribution in [0, 0.1) is 0 Å². The lowest BCUT2D eigenvalue weighted by molar-refractivity contribution is -0.167. The molecular weight excluding hydrogens is 997 g/mol. The molecule has 0 rings (SSSR count). The van der Waals surface area contributed by atoms with E-state index in [1.807, 2.05) is 0 Å². The molecule has 0 N–H and O–H groups in total. The van der Waals surface area contributed by atoms with Crippen molar-refractivity contribution in [1.29, 1.82) is 0 Å². The summed E-state index contributed by atoms with van der Waals surface area (Å²) in [4.78, 5) is 38.4. The smallest absolute Gasteiger partial charge is 0.306 e. The van der Waals surface area contributed by atoms with Gasteiger partial charge in [-0.3, -0.25) is 14.4 Å². The number of rotatable bonds is 63. The molecule has 0 fully saturated rings. The Morgan fingerprint density at radius 1 is 0.259 bits per heavy atom. The lowest BCUT2D eigenvalue weighted by Gasteiger charge is -2.18. The second kappa shape index (κ2) is 68.8. The first-order valence-corrected chi connectivity index (χ1v) is 34.7. The molecule has 0 aromatic heterocycles. The van der Waals surface area contributed by atoms with Crippen LogP contribution >= 0.6 is 0 Å². The van der Waals surface area contributed by atoms with Crippen LogP contribution in [-0.2, 0) is 28.6 Å².